The normalized spacial score (nSPS) is 21.8. The molecule has 106 valence electrons. The molecule has 1 aliphatic rings. The summed E-state index contributed by atoms with van der Waals surface area (Å²) >= 11 is 0. The van der Waals surface area contributed by atoms with Gasteiger partial charge < -0.3 is 0 Å². The van der Waals surface area contributed by atoms with Crippen molar-refractivity contribution in [1.29, 1.82) is 0 Å². The van der Waals surface area contributed by atoms with Gasteiger partial charge in [0.1, 0.15) is 5.82 Å². The third-order valence-corrected chi connectivity index (χ3v) is 5.42. The molecule has 1 heterocycles. The maximum absolute atomic E-state index is 13.0. The smallest absolute Gasteiger partial charge is 0.207 e. The van der Waals surface area contributed by atoms with E-state index in [1.54, 1.807) is 12.1 Å². The molecule has 1 fully saturated rings. The molecule has 0 aliphatic carbocycles. The zero-order valence-electron chi connectivity index (χ0n) is 11.2. The van der Waals surface area contributed by atoms with Crippen molar-refractivity contribution in [1.82, 2.24) is 8.61 Å². The number of hydrogen-bond acceptors (Lipinski definition) is 2. The van der Waals surface area contributed by atoms with Crippen LogP contribution in [0.25, 0.3) is 0 Å². The average Bonchev–Trinajstić information content (AvgIpc) is 2.39. The number of hydrogen-bond donors (Lipinski definition) is 0. The summed E-state index contributed by atoms with van der Waals surface area (Å²) in [6, 6.07) is 5.91. The van der Waals surface area contributed by atoms with E-state index in [1.165, 1.54) is 34.8 Å². The van der Waals surface area contributed by atoms with E-state index < -0.39 is 10.2 Å². The Morgan fingerprint density at radius 2 is 1.84 bits per heavy atom. The Bertz CT molecular complexity index is 528. The fraction of sp³-hybridized carbons (Fsp3) is 0.538. The highest BCUT2D eigenvalue weighted by molar-refractivity contribution is 7.86. The van der Waals surface area contributed by atoms with Crippen molar-refractivity contribution in [2.75, 3.05) is 20.6 Å². The molecule has 0 radical (unpaired) electrons. The first-order valence-corrected chi connectivity index (χ1v) is 7.77. The molecule has 0 spiro atoms. The molecule has 1 aromatic carbocycles. The average molecular weight is 286 g/mol. The van der Waals surface area contributed by atoms with E-state index in [1.807, 2.05) is 0 Å². The number of piperidine rings is 1. The van der Waals surface area contributed by atoms with Crippen molar-refractivity contribution >= 4 is 10.2 Å². The van der Waals surface area contributed by atoms with E-state index in [9.17, 15) is 12.8 Å². The van der Waals surface area contributed by atoms with Crippen LogP contribution in [0.15, 0.2) is 24.3 Å². The molecule has 6 heteroatoms. The highest BCUT2D eigenvalue weighted by Crippen LogP contribution is 2.33. The van der Waals surface area contributed by atoms with Gasteiger partial charge in [-0.05, 0) is 30.5 Å². The van der Waals surface area contributed by atoms with Crippen LogP contribution in [-0.2, 0) is 10.2 Å². The van der Waals surface area contributed by atoms with Gasteiger partial charge in [-0.15, -0.1) is 0 Å². The summed E-state index contributed by atoms with van der Waals surface area (Å²) in [4.78, 5) is 0. The lowest BCUT2D eigenvalue weighted by Gasteiger charge is -2.36. The molecule has 1 unspecified atom stereocenters. The third kappa shape index (κ3) is 2.96. The summed E-state index contributed by atoms with van der Waals surface area (Å²) in [6.07, 6.45) is 2.63. The molecule has 1 aromatic rings. The lowest BCUT2D eigenvalue weighted by Crippen LogP contribution is -2.44. The van der Waals surface area contributed by atoms with Crippen LogP contribution >= 0.6 is 0 Å². The van der Waals surface area contributed by atoms with Gasteiger partial charge in [0.05, 0.1) is 6.04 Å². The molecule has 0 bridgehead atoms. The zero-order chi connectivity index (χ0) is 14.0. The number of halogens is 1. The van der Waals surface area contributed by atoms with Gasteiger partial charge >= 0.3 is 0 Å². The number of nitrogens with zero attached hydrogens (tertiary/aromatic N) is 2. The fourth-order valence-electron chi connectivity index (χ4n) is 2.41. The first kappa shape index (κ1) is 14.4. The maximum atomic E-state index is 13.0. The van der Waals surface area contributed by atoms with Crippen molar-refractivity contribution in [2.45, 2.75) is 25.3 Å². The van der Waals surface area contributed by atoms with Crippen LogP contribution in [0.5, 0.6) is 0 Å². The van der Waals surface area contributed by atoms with Crippen molar-refractivity contribution in [2.24, 2.45) is 0 Å². The lowest BCUT2D eigenvalue weighted by atomic mass is 9.97. The molecular weight excluding hydrogens is 267 g/mol. The minimum absolute atomic E-state index is 0.193. The molecule has 0 N–H and O–H groups in total. The number of benzene rings is 1. The highest BCUT2D eigenvalue weighted by atomic mass is 32.2. The summed E-state index contributed by atoms with van der Waals surface area (Å²) < 4.78 is 40.3. The Morgan fingerprint density at radius 1 is 1.21 bits per heavy atom. The molecule has 1 atom stereocenters. The predicted molar refractivity (Wildman–Crippen MR) is 72.3 cm³/mol. The lowest BCUT2D eigenvalue weighted by molar-refractivity contribution is 0.242. The molecule has 4 nitrogen and oxygen atoms in total. The van der Waals surface area contributed by atoms with E-state index in [0.717, 1.165) is 24.8 Å². The second-order valence-electron chi connectivity index (χ2n) is 4.96. The Balaban J connectivity index is 2.33. The summed E-state index contributed by atoms with van der Waals surface area (Å²) in [6.45, 7) is 0.516. The zero-order valence-corrected chi connectivity index (χ0v) is 12.0. The Morgan fingerprint density at radius 3 is 2.42 bits per heavy atom. The van der Waals surface area contributed by atoms with Crippen LogP contribution in [0.2, 0.25) is 0 Å². The van der Waals surface area contributed by atoms with Crippen LogP contribution in [-0.4, -0.2) is 37.7 Å². The van der Waals surface area contributed by atoms with E-state index in [2.05, 4.69) is 0 Å². The van der Waals surface area contributed by atoms with Crippen LogP contribution in [0, 0.1) is 5.82 Å². The third-order valence-electron chi connectivity index (χ3n) is 3.47. The van der Waals surface area contributed by atoms with E-state index >= 15 is 0 Å². The van der Waals surface area contributed by atoms with Gasteiger partial charge in [0.25, 0.3) is 10.2 Å². The molecule has 0 aromatic heterocycles. The van der Waals surface area contributed by atoms with Gasteiger partial charge in [0, 0.05) is 20.6 Å². The summed E-state index contributed by atoms with van der Waals surface area (Å²) in [5.74, 6) is -0.304. The van der Waals surface area contributed by atoms with E-state index in [-0.39, 0.29) is 11.9 Å². The van der Waals surface area contributed by atoms with E-state index in [4.69, 9.17) is 0 Å². The van der Waals surface area contributed by atoms with E-state index in [0.29, 0.717) is 6.54 Å². The van der Waals surface area contributed by atoms with Crippen molar-refractivity contribution in [3.63, 3.8) is 0 Å². The second-order valence-corrected chi connectivity index (χ2v) is 7.06. The van der Waals surface area contributed by atoms with Gasteiger partial charge in [0.15, 0.2) is 0 Å². The van der Waals surface area contributed by atoms with Gasteiger partial charge in [-0.1, -0.05) is 18.6 Å². The van der Waals surface area contributed by atoms with Gasteiger partial charge in [-0.25, -0.2) is 4.39 Å². The maximum Gasteiger partial charge on any atom is 0.282 e. The molecule has 1 aliphatic heterocycles. The summed E-state index contributed by atoms with van der Waals surface area (Å²) in [5.41, 5.74) is 0.853. The molecule has 0 saturated carbocycles. The van der Waals surface area contributed by atoms with Crippen LogP contribution in [0.4, 0.5) is 4.39 Å². The first-order valence-electron chi connectivity index (χ1n) is 6.37. The predicted octanol–water partition coefficient (Wildman–Crippen LogP) is 2.16. The first-order chi connectivity index (χ1) is 8.93. The topological polar surface area (TPSA) is 40.6 Å². The Labute approximate surface area is 114 Å². The molecule has 0 amide bonds. The Kier molecular flexibility index (Phi) is 4.23. The number of rotatable bonds is 3. The molecule has 2 rings (SSSR count). The van der Waals surface area contributed by atoms with Crippen molar-refractivity contribution < 1.29 is 12.8 Å². The fourth-order valence-corrected chi connectivity index (χ4v) is 3.74. The van der Waals surface area contributed by atoms with Gasteiger partial charge in [0.2, 0.25) is 0 Å². The summed E-state index contributed by atoms with van der Waals surface area (Å²) in [5, 5.41) is 0. The molecule has 19 heavy (non-hydrogen) atoms. The van der Waals surface area contributed by atoms with Gasteiger partial charge in [-0.2, -0.15) is 17.0 Å². The second kappa shape index (κ2) is 5.56. The molecule has 1 saturated heterocycles. The standard InChI is InChI=1S/C13H19FN2O2S/c1-15(2)19(17,18)16-10-4-3-5-13(16)11-6-8-12(14)9-7-11/h6-9,13H,3-5,10H2,1-2H3. The quantitative estimate of drug-likeness (QED) is 0.854. The summed E-state index contributed by atoms with van der Waals surface area (Å²) in [7, 11) is -0.368. The monoisotopic (exact) mass is 286 g/mol. The van der Waals surface area contributed by atoms with Crippen LogP contribution < -0.4 is 0 Å². The minimum atomic E-state index is -3.43. The highest BCUT2D eigenvalue weighted by Gasteiger charge is 2.34. The Hall–Kier alpha value is -0.980. The van der Waals surface area contributed by atoms with Crippen molar-refractivity contribution in [3.8, 4) is 0 Å². The van der Waals surface area contributed by atoms with Crippen molar-refractivity contribution in [3.05, 3.63) is 35.6 Å². The minimum Gasteiger partial charge on any atom is -0.207 e. The van der Waals surface area contributed by atoms with Crippen LogP contribution in [0.1, 0.15) is 30.9 Å². The van der Waals surface area contributed by atoms with Gasteiger partial charge in [-0.3, -0.25) is 0 Å². The SMILES string of the molecule is CN(C)S(=O)(=O)N1CCCCC1c1ccc(F)cc1. The molecular formula is C13H19FN2O2S. The largest absolute Gasteiger partial charge is 0.282 e. The van der Waals surface area contributed by atoms with Crippen LogP contribution in [0.3, 0.4) is 0 Å².